The maximum absolute atomic E-state index is 13.2. The van der Waals surface area contributed by atoms with Crippen LogP contribution in [-0.4, -0.2) is 23.9 Å². The highest BCUT2D eigenvalue weighted by atomic mass is 79.9. The van der Waals surface area contributed by atoms with Crippen molar-refractivity contribution in [3.8, 4) is 5.75 Å². The highest BCUT2D eigenvalue weighted by Gasteiger charge is 2.37. The van der Waals surface area contributed by atoms with Crippen molar-refractivity contribution in [3.05, 3.63) is 63.1 Å². The van der Waals surface area contributed by atoms with Gasteiger partial charge < -0.3 is 4.74 Å². The number of hydrogen-bond donors (Lipinski definition) is 1. The van der Waals surface area contributed by atoms with E-state index >= 15 is 0 Å². The van der Waals surface area contributed by atoms with Crippen molar-refractivity contribution in [2.45, 2.75) is 33.8 Å². The van der Waals surface area contributed by atoms with Crippen LogP contribution in [0.5, 0.6) is 5.75 Å². The van der Waals surface area contributed by atoms with Gasteiger partial charge in [-0.1, -0.05) is 28.1 Å². The second-order valence-electron chi connectivity index (χ2n) is 7.10. The Labute approximate surface area is 177 Å². The van der Waals surface area contributed by atoms with Crippen molar-refractivity contribution in [1.29, 1.82) is 0 Å². The number of nitrogens with one attached hydrogen (secondary N) is 1. The lowest BCUT2D eigenvalue weighted by molar-refractivity contribution is -0.122. The molecule has 2 aromatic rings. The Morgan fingerprint density at radius 2 is 1.79 bits per heavy atom. The largest absolute Gasteiger partial charge is 0.490 e. The molecule has 0 aromatic heterocycles. The Morgan fingerprint density at radius 1 is 1.07 bits per heavy atom. The van der Waals surface area contributed by atoms with E-state index in [1.165, 1.54) is 6.08 Å². The van der Waals surface area contributed by atoms with Crippen molar-refractivity contribution in [3.63, 3.8) is 0 Å². The zero-order valence-corrected chi connectivity index (χ0v) is 18.2. The number of aryl methyl sites for hydroxylation is 2. The number of benzene rings is 2. The lowest BCUT2D eigenvalue weighted by Crippen LogP contribution is -2.54. The Hall–Kier alpha value is -2.93. The summed E-state index contributed by atoms with van der Waals surface area (Å²) in [5, 5.41) is 2.26. The smallest absolute Gasteiger partial charge is 0.335 e. The van der Waals surface area contributed by atoms with E-state index in [9.17, 15) is 14.4 Å². The summed E-state index contributed by atoms with van der Waals surface area (Å²) in [7, 11) is 0. The summed E-state index contributed by atoms with van der Waals surface area (Å²) in [5.41, 5.74) is 2.50. The normalized spacial score (nSPS) is 15.9. The second-order valence-corrected chi connectivity index (χ2v) is 8.01. The van der Waals surface area contributed by atoms with Crippen molar-refractivity contribution in [2.24, 2.45) is 0 Å². The van der Waals surface area contributed by atoms with E-state index in [0.29, 0.717) is 17.0 Å². The predicted molar refractivity (Wildman–Crippen MR) is 115 cm³/mol. The molecular formula is C22H21BrN2O4. The fourth-order valence-corrected chi connectivity index (χ4v) is 3.36. The molecule has 0 unspecified atom stereocenters. The van der Waals surface area contributed by atoms with E-state index in [1.54, 1.807) is 25.1 Å². The quantitative estimate of drug-likeness (QED) is 0.541. The van der Waals surface area contributed by atoms with Crippen LogP contribution in [-0.2, 0) is 9.59 Å². The number of halogens is 1. The number of barbiturate groups is 1. The van der Waals surface area contributed by atoms with Gasteiger partial charge in [-0.25, -0.2) is 9.69 Å². The van der Waals surface area contributed by atoms with Gasteiger partial charge in [0.25, 0.3) is 11.8 Å². The first-order chi connectivity index (χ1) is 13.7. The number of urea groups is 1. The molecular weight excluding hydrogens is 436 g/mol. The topological polar surface area (TPSA) is 75.7 Å². The van der Waals surface area contributed by atoms with Crippen LogP contribution in [0.25, 0.3) is 6.08 Å². The van der Waals surface area contributed by atoms with Crippen LogP contribution >= 0.6 is 15.9 Å². The molecule has 1 N–H and O–H groups in total. The Balaban J connectivity index is 2.09. The minimum Gasteiger partial charge on any atom is -0.490 e. The summed E-state index contributed by atoms with van der Waals surface area (Å²) < 4.78 is 6.56. The third-order valence-corrected chi connectivity index (χ3v) is 4.83. The van der Waals surface area contributed by atoms with Crippen LogP contribution < -0.4 is 15.0 Å². The molecule has 0 radical (unpaired) electrons. The monoisotopic (exact) mass is 456 g/mol. The fourth-order valence-electron chi connectivity index (χ4n) is 2.99. The van der Waals surface area contributed by atoms with E-state index in [2.05, 4.69) is 21.2 Å². The standard InChI is InChI=1S/C22H21BrN2O4/c1-12(2)29-19-8-7-16(23)10-15(19)11-17-20(26)24-22(28)25(21(17)27)18-9-13(3)5-6-14(18)4/h5-12H,1-4H3,(H,24,26,28)/b17-11+. The van der Waals surface area contributed by atoms with E-state index < -0.39 is 17.8 Å². The van der Waals surface area contributed by atoms with Gasteiger partial charge in [-0.15, -0.1) is 0 Å². The van der Waals surface area contributed by atoms with E-state index in [1.807, 2.05) is 39.0 Å². The highest BCUT2D eigenvalue weighted by molar-refractivity contribution is 9.10. The number of amides is 4. The Kier molecular flexibility index (Phi) is 5.88. The molecule has 0 aliphatic carbocycles. The van der Waals surface area contributed by atoms with E-state index in [4.69, 9.17) is 4.74 Å². The molecule has 1 fully saturated rings. The SMILES string of the molecule is Cc1ccc(C)c(N2C(=O)NC(=O)/C(=C\c3cc(Br)ccc3OC(C)C)C2=O)c1. The summed E-state index contributed by atoms with van der Waals surface area (Å²) in [4.78, 5) is 39.1. The van der Waals surface area contributed by atoms with Gasteiger partial charge in [0.15, 0.2) is 0 Å². The number of rotatable bonds is 4. The van der Waals surface area contributed by atoms with E-state index in [-0.39, 0.29) is 11.7 Å². The average molecular weight is 457 g/mol. The van der Waals surface area contributed by atoms with Crippen molar-refractivity contribution in [2.75, 3.05) is 4.90 Å². The van der Waals surface area contributed by atoms with Gasteiger partial charge in [0.2, 0.25) is 0 Å². The van der Waals surface area contributed by atoms with Crippen LogP contribution in [0.1, 0.15) is 30.5 Å². The number of hydrogen-bond acceptors (Lipinski definition) is 4. The summed E-state index contributed by atoms with van der Waals surface area (Å²) >= 11 is 3.40. The van der Waals surface area contributed by atoms with Gasteiger partial charge in [0.1, 0.15) is 11.3 Å². The Morgan fingerprint density at radius 3 is 2.48 bits per heavy atom. The predicted octanol–water partition coefficient (Wildman–Crippen LogP) is 4.52. The second kappa shape index (κ2) is 8.21. The molecule has 3 rings (SSSR count). The van der Waals surface area contributed by atoms with Crippen LogP contribution in [0.15, 0.2) is 46.4 Å². The van der Waals surface area contributed by atoms with Gasteiger partial charge in [0, 0.05) is 10.0 Å². The van der Waals surface area contributed by atoms with Crippen molar-refractivity contribution >= 4 is 45.5 Å². The first-order valence-electron chi connectivity index (χ1n) is 9.12. The minimum absolute atomic E-state index is 0.0859. The third-order valence-electron chi connectivity index (χ3n) is 4.34. The molecule has 0 atom stereocenters. The number of carbonyl (C=O) groups excluding carboxylic acids is 3. The molecule has 1 saturated heterocycles. The first-order valence-corrected chi connectivity index (χ1v) is 9.91. The van der Waals surface area contributed by atoms with Gasteiger partial charge in [0.05, 0.1) is 11.8 Å². The molecule has 0 saturated carbocycles. The summed E-state index contributed by atoms with van der Waals surface area (Å²) in [6.45, 7) is 7.45. The maximum Gasteiger partial charge on any atom is 0.335 e. The number of nitrogens with zero attached hydrogens (tertiary/aromatic N) is 1. The van der Waals surface area contributed by atoms with E-state index in [0.717, 1.165) is 20.5 Å². The molecule has 29 heavy (non-hydrogen) atoms. The molecule has 0 spiro atoms. The number of carbonyl (C=O) groups is 3. The van der Waals surface area contributed by atoms with Gasteiger partial charge in [-0.05, 0) is 69.2 Å². The van der Waals surface area contributed by atoms with Crippen LogP contribution in [0, 0.1) is 13.8 Å². The summed E-state index contributed by atoms with van der Waals surface area (Å²) in [5.74, 6) is -0.883. The van der Waals surface area contributed by atoms with Crippen LogP contribution in [0.3, 0.4) is 0 Å². The molecule has 0 bridgehead atoms. The summed E-state index contributed by atoms with van der Waals surface area (Å²) in [6.07, 6.45) is 1.36. The lowest BCUT2D eigenvalue weighted by Gasteiger charge is -2.28. The van der Waals surface area contributed by atoms with Gasteiger partial charge >= 0.3 is 6.03 Å². The lowest BCUT2D eigenvalue weighted by atomic mass is 10.0. The molecule has 2 aromatic carbocycles. The van der Waals surface area contributed by atoms with Crippen molar-refractivity contribution < 1.29 is 19.1 Å². The average Bonchev–Trinajstić information content (AvgIpc) is 2.63. The minimum atomic E-state index is -0.765. The molecule has 1 aliphatic rings. The van der Waals surface area contributed by atoms with Gasteiger partial charge in [-0.2, -0.15) is 0 Å². The van der Waals surface area contributed by atoms with Crippen LogP contribution in [0.2, 0.25) is 0 Å². The summed E-state index contributed by atoms with van der Waals surface area (Å²) in [6, 6.07) is 10.0. The molecule has 6 nitrogen and oxygen atoms in total. The third kappa shape index (κ3) is 4.40. The van der Waals surface area contributed by atoms with Crippen molar-refractivity contribution in [1.82, 2.24) is 5.32 Å². The first kappa shape index (κ1) is 20.8. The fraction of sp³-hybridized carbons (Fsp3) is 0.227. The number of ether oxygens (including phenoxy) is 1. The van der Waals surface area contributed by atoms with Crippen LogP contribution in [0.4, 0.5) is 10.5 Å². The maximum atomic E-state index is 13.2. The molecule has 150 valence electrons. The number of anilines is 1. The molecule has 1 aliphatic heterocycles. The highest BCUT2D eigenvalue weighted by Crippen LogP contribution is 2.30. The zero-order valence-electron chi connectivity index (χ0n) is 16.6. The molecule has 1 heterocycles. The number of imide groups is 2. The zero-order chi connectivity index (χ0) is 21.3. The van der Waals surface area contributed by atoms with Gasteiger partial charge in [-0.3, -0.25) is 14.9 Å². The molecule has 4 amide bonds. The Bertz CT molecular complexity index is 1040. The molecule has 7 heteroatoms.